The van der Waals surface area contributed by atoms with Crippen LogP contribution in [0.1, 0.15) is 27.6 Å². The molecule has 0 saturated heterocycles. The lowest BCUT2D eigenvalue weighted by molar-refractivity contribution is 0.0526. The predicted molar refractivity (Wildman–Crippen MR) is 107 cm³/mol. The van der Waals surface area contributed by atoms with E-state index in [1.165, 1.54) is 18.7 Å². The lowest BCUT2D eigenvalue weighted by Crippen LogP contribution is -2.30. The van der Waals surface area contributed by atoms with Crippen LogP contribution >= 0.6 is 0 Å². The summed E-state index contributed by atoms with van der Waals surface area (Å²) in [6, 6.07) is 9.88. The normalized spacial score (nSPS) is 10.1. The standard InChI is InChI=1S/C19H19N7O3/c1-2-29-19(28)13-4-3-5-14(10-13)24-16-15(20)17(23-11-22-16)25-26-18(27)12-6-8-21-9-7-12/h3-11H,2,20H2,1H3,(H,26,27)(H2,22,23,24,25). The number of anilines is 4. The van der Waals surface area contributed by atoms with Gasteiger partial charge in [0, 0.05) is 23.6 Å². The molecule has 1 amide bonds. The molecule has 3 aromatic rings. The number of nitrogens with two attached hydrogens (primary N) is 1. The molecular formula is C19H19N7O3. The van der Waals surface area contributed by atoms with Crippen molar-refractivity contribution in [2.45, 2.75) is 6.92 Å². The Labute approximate surface area is 166 Å². The Bertz CT molecular complexity index is 1010. The van der Waals surface area contributed by atoms with Crippen LogP contribution in [0.3, 0.4) is 0 Å². The van der Waals surface area contributed by atoms with E-state index in [0.717, 1.165) is 0 Å². The van der Waals surface area contributed by atoms with Crippen molar-refractivity contribution in [1.29, 1.82) is 0 Å². The number of nitrogens with one attached hydrogen (secondary N) is 3. The Morgan fingerprint density at radius 3 is 2.59 bits per heavy atom. The molecule has 10 nitrogen and oxygen atoms in total. The van der Waals surface area contributed by atoms with E-state index in [0.29, 0.717) is 22.6 Å². The molecule has 148 valence electrons. The Hall–Kier alpha value is -4.21. The molecule has 0 saturated carbocycles. The molecule has 3 rings (SSSR count). The third kappa shape index (κ3) is 4.95. The first-order valence-corrected chi connectivity index (χ1v) is 8.69. The summed E-state index contributed by atoms with van der Waals surface area (Å²) in [7, 11) is 0. The van der Waals surface area contributed by atoms with Crippen molar-refractivity contribution in [3.05, 3.63) is 66.2 Å². The number of hydrogen-bond acceptors (Lipinski definition) is 9. The molecule has 1 aromatic carbocycles. The summed E-state index contributed by atoms with van der Waals surface area (Å²) >= 11 is 0. The van der Waals surface area contributed by atoms with Crippen LogP contribution in [0, 0.1) is 0 Å². The monoisotopic (exact) mass is 393 g/mol. The first-order valence-electron chi connectivity index (χ1n) is 8.69. The second-order valence-electron chi connectivity index (χ2n) is 5.73. The van der Waals surface area contributed by atoms with Gasteiger partial charge < -0.3 is 15.8 Å². The van der Waals surface area contributed by atoms with E-state index < -0.39 is 5.97 Å². The average molecular weight is 393 g/mol. The zero-order valence-electron chi connectivity index (χ0n) is 15.5. The maximum absolute atomic E-state index is 12.1. The molecule has 0 atom stereocenters. The van der Waals surface area contributed by atoms with Gasteiger partial charge in [0.1, 0.15) is 12.0 Å². The molecule has 29 heavy (non-hydrogen) atoms. The quantitative estimate of drug-likeness (QED) is 0.350. The molecule has 0 aliphatic rings. The van der Waals surface area contributed by atoms with E-state index in [1.807, 2.05) is 0 Å². The number of ether oxygens (including phenoxy) is 1. The van der Waals surface area contributed by atoms with Crippen molar-refractivity contribution < 1.29 is 14.3 Å². The Morgan fingerprint density at radius 1 is 1.07 bits per heavy atom. The van der Waals surface area contributed by atoms with Crippen molar-refractivity contribution in [3.8, 4) is 0 Å². The first-order chi connectivity index (χ1) is 14.1. The number of benzene rings is 1. The second-order valence-corrected chi connectivity index (χ2v) is 5.73. The van der Waals surface area contributed by atoms with Crippen molar-refractivity contribution in [2.75, 3.05) is 23.1 Å². The maximum Gasteiger partial charge on any atom is 0.338 e. The molecule has 10 heteroatoms. The van der Waals surface area contributed by atoms with E-state index >= 15 is 0 Å². The lowest BCUT2D eigenvalue weighted by Gasteiger charge is -2.13. The number of nitrogen functional groups attached to an aromatic ring is 1. The number of hydrazine groups is 1. The largest absolute Gasteiger partial charge is 0.462 e. The number of carbonyl (C=O) groups is 2. The van der Waals surface area contributed by atoms with Gasteiger partial charge in [0.2, 0.25) is 0 Å². The highest BCUT2D eigenvalue weighted by molar-refractivity contribution is 5.95. The van der Waals surface area contributed by atoms with Crippen molar-refractivity contribution >= 4 is 34.9 Å². The highest BCUT2D eigenvalue weighted by atomic mass is 16.5. The fourth-order valence-corrected chi connectivity index (χ4v) is 2.36. The summed E-state index contributed by atoms with van der Waals surface area (Å²) in [5.41, 5.74) is 12.9. The van der Waals surface area contributed by atoms with Crippen LogP contribution in [0.4, 0.5) is 23.0 Å². The molecule has 0 aliphatic heterocycles. The van der Waals surface area contributed by atoms with Gasteiger partial charge in [-0.2, -0.15) is 0 Å². The highest BCUT2D eigenvalue weighted by Gasteiger charge is 2.12. The Balaban J connectivity index is 1.71. The van der Waals surface area contributed by atoms with Crippen molar-refractivity contribution in [2.24, 2.45) is 0 Å². The van der Waals surface area contributed by atoms with Crippen LogP contribution in [0.2, 0.25) is 0 Å². The minimum absolute atomic E-state index is 0.184. The average Bonchev–Trinajstić information content (AvgIpc) is 2.75. The number of aromatic nitrogens is 3. The van der Waals surface area contributed by atoms with Crippen LogP contribution in [0.15, 0.2) is 55.1 Å². The highest BCUT2D eigenvalue weighted by Crippen LogP contribution is 2.25. The second kappa shape index (κ2) is 9.13. The number of hydrogen-bond donors (Lipinski definition) is 4. The predicted octanol–water partition coefficient (Wildman–Crippen LogP) is 2.13. The summed E-state index contributed by atoms with van der Waals surface area (Å²) in [6.07, 6.45) is 4.32. The summed E-state index contributed by atoms with van der Waals surface area (Å²) in [5, 5.41) is 3.02. The number of pyridine rings is 1. The zero-order chi connectivity index (χ0) is 20.6. The smallest absolute Gasteiger partial charge is 0.338 e. The molecule has 0 fully saturated rings. The third-order valence-electron chi connectivity index (χ3n) is 3.76. The van der Waals surface area contributed by atoms with Crippen molar-refractivity contribution in [3.63, 3.8) is 0 Å². The van der Waals surface area contributed by atoms with Crippen LogP contribution in [0.5, 0.6) is 0 Å². The van der Waals surface area contributed by atoms with Crippen molar-refractivity contribution in [1.82, 2.24) is 20.4 Å². The summed E-state index contributed by atoms with van der Waals surface area (Å²) in [4.78, 5) is 36.0. The Kier molecular flexibility index (Phi) is 6.15. The van der Waals surface area contributed by atoms with Gasteiger partial charge in [-0.3, -0.25) is 20.6 Å². The fraction of sp³-hybridized carbons (Fsp3) is 0.105. The van der Waals surface area contributed by atoms with E-state index in [-0.39, 0.29) is 24.0 Å². The zero-order valence-corrected chi connectivity index (χ0v) is 15.5. The number of nitrogens with zero attached hydrogens (tertiary/aromatic N) is 3. The summed E-state index contributed by atoms with van der Waals surface area (Å²) < 4.78 is 5.00. The molecular weight excluding hydrogens is 374 g/mol. The maximum atomic E-state index is 12.1. The van der Waals surface area contributed by atoms with Crippen LogP contribution < -0.4 is 21.9 Å². The van der Waals surface area contributed by atoms with E-state index in [9.17, 15) is 9.59 Å². The van der Waals surface area contributed by atoms with Gasteiger partial charge in [0.05, 0.1) is 12.2 Å². The van der Waals surface area contributed by atoms with Gasteiger partial charge in [-0.1, -0.05) is 6.07 Å². The van der Waals surface area contributed by atoms with Crippen LogP contribution in [-0.4, -0.2) is 33.4 Å². The number of amides is 1. The van der Waals surface area contributed by atoms with Crippen LogP contribution in [-0.2, 0) is 4.74 Å². The lowest BCUT2D eigenvalue weighted by atomic mass is 10.2. The van der Waals surface area contributed by atoms with Gasteiger partial charge in [-0.05, 0) is 37.3 Å². The molecule has 0 bridgehead atoms. The van der Waals surface area contributed by atoms with Gasteiger partial charge in [-0.15, -0.1) is 0 Å². The molecule has 5 N–H and O–H groups in total. The summed E-state index contributed by atoms with van der Waals surface area (Å²) in [5.74, 6) is -0.275. The van der Waals surface area contributed by atoms with Gasteiger partial charge >= 0.3 is 5.97 Å². The van der Waals surface area contributed by atoms with Gasteiger partial charge in [0.25, 0.3) is 5.91 Å². The van der Waals surface area contributed by atoms with E-state index in [2.05, 4.69) is 31.1 Å². The third-order valence-corrected chi connectivity index (χ3v) is 3.76. The summed E-state index contributed by atoms with van der Waals surface area (Å²) in [6.45, 7) is 2.03. The number of carbonyl (C=O) groups excluding carboxylic acids is 2. The molecule has 0 radical (unpaired) electrons. The molecule has 0 unspecified atom stereocenters. The number of rotatable bonds is 7. The molecule has 0 aliphatic carbocycles. The molecule has 2 heterocycles. The number of esters is 1. The molecule has 0 spiro atoms. The Morgan fingerprint density at radius 2 is 1.83 bits per heavy atom. The van der Waals surface area contributed by atoms with Gasteiger partial charge in [0.15, 0.2) is 11.6 Å². The topological polar surface area (TPSA) is 144 Å². The van der Waals surface area contributed by atoms with Gasteiger partial charge in [-0.25, -0.2) is 14.8 Å². The fourth-order valence-electron chi connectivity index (χ4n) is 2.36. The van der Waals surface area contributed by atoms with Crippen LogP contribution in [0.25, 0.3) is 0 Å². The minimum Gasteiger partial charge on any atom is -0.462 e. The minimum atomic E-state index is -0.423. The van der Waals surface area contributed by atoms with E-state index in [1.54, 1.807) is 43.3 Å². The SMILES string of the molecule is CCOC(=O)c1cccc(Nc2ncnc(NNC(=O)c3ccncc3)c2N)c1. The molecule has 2 aromatic heterocycles. The first kappa shape index (κ1) is 19.5. The van der Waals surface area contributed by atoms with E-state index in [4.69, 9.17) is 10.5 Å².